The van der Waals surface area contributed by atoms with Crippen LogP contribution < -0.4 is 5.73 Å². The Balaban J connectivity index is 1.79. The molecule has 2 N–H and O–H groups in total. The largest absolute Gasteiger partial charge is 0.354 e. The second kappa shape index (κ2) is 6.40. The third kappa shape index (κ3) is 3.47. The number of hydrogen-bond acceptors (Lipinski definition) is 2. The highest BCUT2D eigenvalue weighted by Crippen LogP contribution is 2.16. The SMILES string of the molecule is CCCC(N)c1ccn(CCCn2ccnc2)c1. The molecule has 0 fully saturated rings. The van der Waals surface area contributed by atoms with Gasteiger partial charge in [0.1, 0.15) is 0 Å². The van der Waals surface area contributed by atoms with E-state index in [1.807, 2.05) is 18.7 Å². The average Bonchev–Trinajstić information content (AvgIpc) is 3.00. The predicted molar refractivity (Wildman–Crippen MR) is 73.1 cm³/mol. The van der Waals surface area contributed by atoms with Gasteiger partial charge in [0, 0.05) is 43.9 Å². The smallest absolute Gasteiger partial charge is 0.0945 e. The van der Waals surface area contributed by atoms with E-state index in [9.17, 15) is 0 Å². The van der Waals surface area contributed by atoms with Gasteiger partial charge in [0.15, 0.2) is 0 Å². The number of aromatic nitrogens is 3. The van der Waals surface area contributed by atoms with Crippen LogP contribution in [0.1, 0.15) is 37.8 Å². The molecule has 0 spiro atoms. The molecule has 2 rings (SSSR count). The molecule has 4 heteroatoms. The molecular formula is C14H22N4. The van der Waals surface area contributed by atoms with Crippen LogP contribution in [0.3, 0.4) is 0 Å². The molecule has 0 aliphatic heterocycles. The highest BCUT2D eigenvalue weighted by molar-refractivity contribution is 5.14. The molecule has 1 atom stereocenters. The maximum Gasteiger partial charge on any atom is 0.0945 e. The van der Waals surface area contributed by atoms with Crippen molar-refractivity contribution >= 4 is 0 Å². The summed E-state index contributed by atoms with van der Waals surface area (Å²) in [4.78, 5) is 4.04. The summed E-state index contributed by atoms with van der Waals surface area (Å²) < 4.78 is 4.33. The van der Waals surface area contributed by atoms with Crippen LogP contribution in [-0.4, -0.2) is 14.1 Å². The van der Waals surface area contributed by atoms with Crippen LogP contribution in [0.5, 0.6) is 0 Å². The fourth-order valence-corrected chi connectivity index (χ4v) is 2.15. The average molecular weight is 246 g/mol. The summed E-state index contributed by atoms with van der Waals surface area (Å²) >= 11 is 0. The number of hydrogen-bond donors (Lipinski definition) is 1. The van der Waals surface area contributed by atoms with Gasteiger partial charge in [0.25, 0.3) is 0 Å². The minimum Gasteiger partial charge on any atom is -0.354 e. The van der Waals surface area contributed by atoms with Gasteiger partial charge >= 0.3 is 0 Å². The van der Waals surface area contributed by atoms with Crippen molar-refractivity contribution in [2.24, 2.45) is 5.73 Å². The van der Waals surface area contributed by atoms with Crippen LogP contribution in [0.4, 0.5) is 0 Å². The first-order valence-electron chi connectivity index (χ1n) is 6.66. The van der Waals surface area contributed by atoms with E-state index < -0.39 is 0 Å². The lowest BCUT2D eigenvalue weighted by atomic mass is 10.1. The van der Waals surface area contributed by atoms with Gasteiger partial charge < -0.3 is 14.9 Å². The Morgan fingerprint density at radius 1 is 1.28 bits per heavy atom. The van der Waals surface area contributed by atoms with E-state index in [-0.39, 0.29) is 6.04 Å². The molecular weight excluding hydrogens is 224 g/mol. The summed E-state index contributed by atoms with van der Waals surface area (Å²) in [5.41, 5.74) is 7.35. The van der Waals surface area contributed by atoms with E-state index in [4.69, 9.17) is 5.73 Å². The first kappa shape index (κ1) is 12.9. The quantitative estimate of drug-likeness (QED) is 0.816. The zero-order chi connectivity index (χ0) is 12.8. The van der Waals surface area contributed by atoms with Gasteiger partial charge in [-0.2, -0.15) is 0 Å². The zero-order valence-corrected chi connectivity index (χ0v) is 11.0. The van der Waals surface area contributed by atoms with Gasteiger partial charge in [-0.3, -0.25) is 0 Å². The Kier molecular flexibility index (Phi) is 4.59. The molecule has 0 aliphatic rings. The Labute approximate surface area is 108 Å². The molecule has 18 heavy (non-hydrogen) atoms. The van der Waals surface area contributed by atoms with Crippen molar-refractivity contribution in [1.29, 1.82) is 0 Å². The highest BCUT2D eigenvalue weighted by Gasteiger charge is 2.06. The summed E-state index contributed by atoms with van der Waals surface area (Å²) in [5.74, 6) is 0. The standard InChI is InChI=1S/C14H22N4/c1-2-4-14(15)13-5-9-17(11-13)7-3-8-18-10-6-16-12-18/h5-6,9-12,14H,2-4,7-8,15H2,1H3. The van der Waals surface area contributed by atoms with E-state index in [0.717, 1.165) is 32.4 Å². The summed E-state index contributed by atoms with van der Waals surface area (Å²) in [6.07, 6.45) is 13.3. The molecule has 1 unspecified atom stereocenters. The molecule has 4 nitrogen and oxygen atoms in total. The third-order valence-corrected chi connectivity index (χ3v) is 3.19. The summed E-state index contributed by atoms with van der Waals surface area (Å²) in [7, 11) is 0. The fourth-order valence-electron chi connectivity index (χ4n) is 2.15. The molecule has 98 valence electrons. The molecule has 2 aromatic rings. The van der Waals surface area contributed by atoms with Crippen LogP contribution in [0.2, 0.25) is 0 Å². The molecule has 2 aromatic heterocycles. The minimum absolute atomic E-state index is 0.185. The fraction of sp³-hybridized carbons (Fsp3) is 0.500. The number of imidazole rings is 1. The molecule has 0 amide bonds. The van der Waals surface area contributed by atoms with Crippen molar-refractivity contribution in [1.82, 2.24) is 14.1 Å². The first-order chi connectivity index (χ1) is 8.79. The highest BCUT2D eigenvalue weighted by atomic mass is 15.0. The van der Waals surface area contributed by atoms with E-state index in [1.54, 1.807) is 0 Å². The van der Waals surface area contributed by atoms with Crippen molar-refractivity contribution in [3.63, 3.8) is 0 Å². The number of aryl methyl sites for hydroxylation is 2. The van der Waals surface area contributed by atoms with Crippen molar-refractivity contribution in [2.75, 3.05) is 0 Å². The topological polar surface area (TPSA) is 48.8 Å². The van der Waals surface area contributed by atoms with E-state index in [2.05, 4.69) is 39.5 Å². The molecule has 0 saturated carbocycles. The lowest BCUT2D eigenvalue weighted by Gasteiger charge is -2.07. The lowest BCUT2D eigenvalue weighted by molar-refractivity contribution is 0.562. The molecule has 0 aromatic carbocycles. The van der Waals surface area contributed by atoms with Crippen molar-refractivity contribution in [3.05, 3.63) is 42.7 Å². The van der Waals surface area contributed by atoms with Crippen molar-refractivity contribution in [3.8, 4) is 0 Å². The van der Waals surface area contributed by atoms with Crippen LogP contribution in [0.15, 0.2) is 37.2 Å². The van der Waals surface area contributed by atoms with E-state index in [0.29, 0.717) is 0 Å². The third-order valence-electron chi connectivity index (χ3n) is 3.19. The second-order valence-electron chi connectivity index (χ2n) is 4.73. The van der Waals surface area contributed by atoms with Crippen LogP contribution in [-0.2, 0) is 13.1 Å². The minimum atomic E-state index is 0.185. The van der Waals surface area contributed by atoms with E-state index in [1.165, 1.54) is 5.56 Å². The Bertz CT molecular complexity index is 444. The van der Waals surface area contributed by atoms with E-state index >= 15 is 0 Å². The first-order valence-corrected chi connectivity index (χ1v) is 6.66. The van der Waals surface area contributed by atoms with Gasteiger partial charge in [0.2, 0.25) is 0 Å². The summed E-state index contributed by atoms with van der Waals surface area (Å²) in [6, 6.07) is 2.32. The Morgan fingerprint density at radius 3 is 2.83 bits per heavy atom. The zero-order valence-electron chi connectivity index (χ0n) is 11.0. The molecule has 0 bridgehead atoms. The van der Waals surface area contributed by atoms with Gasteiger partial charge in [-0.1, -0.05) is 13.3 Å². The van der Waals surface area contributed by atoms with Gasteiger partial charge in [-0.05, 0) is 24.5 Å². The summed E-state index contributed by atoms with van der Waals surface area (Å²) in [5, 5.41) is 0. The van der Waals surface area contributed by atoms with Crippen LogP contribution in [0.25, 0.3) is 0 Å². The number of nitrogens with zero attached hydrogens (tertiary/aromatic N) is 3. The molecule has 2 heterocycles. The Morgan fingerprint density at radius 2 is 2.11 bits per heavy atom. The Hall–Kier alpha value is -1.55. The molecule has 0 radical (unpaired) electrons. The predicted octanol–water partition coefficient (Wildman–Crippen LogP) is 2.57. The monoisotopic (exact) mass is 246 g/mol. The molecule has 0 aliphatic carbocycles. The normalized spacial score (nSPS) is 12.8. The summed E-state index contributed by atoms with van der Waals surface area (Å²) in [6.45, 7) is 4.20. The van der Waals surface area contributed by atoms with Gasteiger partial charge in [-0.25, -0.2) is 4.98 Å². The number of rotatable bonds is 7. The lowest BCUT2D eigenvalue weighted by Crippen LogP contribution is -2.08. The maximum absolute atomic E-state index is 6.10. The number of nitrogens with two attached hydrogens (primary N) is 1. The van der Waals surface area contributed by atoms with Crippen molar-refractivity contribution < 1.29 is 0 Å². The van der Waals surface area contributed by atoms with Gasteiger partial charge in [0.05, 0.1) is 6.33 Å². The maximum atomic E-state index is 6.10. The second-order valence-corrected chi connectivity index (χ2v) is 4.73. The molecule has 0 saturated heterocycles. The van der Waals surface area contributed by atoms with Gasteiger partial charge in [-0.15, -0.1) is 0 Å². The van der Waals surface area contributed by atoms with Crippen LogP contribution in [0, 0.1) is 0 Å². The van der Waals surface area contributed by atoms with Crippen molar-refractivity contribution in [2.45, 2.75) is 45.3 Å². The van der Waals surface area contributed by atoms with Crippen LogP contribution >= 0.6 is 0 Å².